The Balaban J connectivity index is 3.32. The summed E-state index contributed by atoms with van der Waals surface area (Å²) in [6, 6.07) is 2.99. The van der Waals surface area contributed by atoms with Crippen LogP contribution in [0.5, 0.6) is 0 Å². The van der Waals surface area contributed by atoms with Gasteiger partial charge in [-0.25, -0.2) is 4.39 Å². The number of aliphatic hydroxyl groups is 1. The largest absolute Gasteiger partial charge is 0.384 e. The number of halogens is 3. The highest BCUT2D eigenvalue weighted by molar-refractivity contribution is 9.10. The van der Waals surface area contributed by atoms with Gasteiger partial charge in [0.2, 0.25) is 0 Å². The summed E-state index contributed by atoms with van der Waals surface area (Å²) < 4.78 is 13.6. The van der Waals surface area contributed by atoms with Crippen molar-refractivity contribution in [1.82, 2.24) is 0 Å². The minimum atomic E-state index is -1.08. The average Bonchev–Trinajstić information content (AvgIpc) is 2.12. The van der Waals surface area contributed by atoms with Crippen molar-refractivity contribution in [3.05, 3.63) is 45.7 Å². The second kappa shape index (κ2) is 4.22. The SMILES string of the molecule is C=CC(O)c1c(Cl)ccc(Br)c1F. The smallest absolute Gasteiger partial charge is 0.144 e. The molecule has 1 nitrogen and oxygen atoms in total. The van der Waals surface area contributed by atoms with E-state index < -0.39 is 11.9 Å². The summed E-state index contributed by atoms with van der Waals surface area (Å²) in [7, 11) is 0. The fraction of sp³-hybridized carbons (Fsp3) is 0.111. The first kappa shape index (κ1) is 10.7. The van der Waals surface area contributed by atoms with Gasteiger partial charge in [0.15, 0.2) is 0 Å². The molecular weight excluding hydrogens is 258 g/mol. The number of aliphatic hydroxyl groups excluding tert-OH is 1. The van der Waals surface area contributed by atoms with Gasteiger partial charge in [0.25, 0.3) is 0 Å². The number of rotatable bonds is 2. The Morgan fingerprint density at radius 1 is 1.62 bits per heavy atom. The fourth-order valence-electron chi connectivity index (χ4n) is 0.932. The molecule has 0 spiro atoms. The third-order valence-corrected chi connectivity index (χ3v) is 2.54. The number of benzene rings is 1. The van der Waals surface area contributed by atoms with Gasteiger partial charge in [0, 0.05) is 10.6 Å². The summed E-state index contributed by atoms with van der Waals surface area (Å²) in [5, 5.41) is 9.54. The molecule has 0 aromatic heterocycles. The summed E-state index contributed by atoms with van der Waals surface area (Å²) in [5.74, 6) is -0.556. The average molecular weight is 266 g/mol. The van der Waals surface area contributed by atoms with Gasteiger partial charge < -0.3 is 5.11 Å². The summed E-state index contributed by atoms with van der Waals surface area (Å²) in [6.45, 7) is 3.36. The normalized spacial score (nSPS) is 12.6. The van der Waals surface area contributed by atoms with E-state index in [0.717, 1.165) is 0 Å². The lowest BCUT2D eigenvalue weighted by molar-refractivity contribution is 0.223. The van der Waals surface area contributed by atoms with Gasteiger partial charge in [-0.15, -0.1) is 6.58 Å². The Bertz CT molecular complexity index is 341. The highest BCUT2D eigenvalue weighted by Gasteiger charge is 2.16. The van der Waals surface area contributed by atoms with E-state index in [9.17, 15) is 9.50 Å². The van der Waals surface area contributed by atoms with Gasteiger partial charge >= 0.3 is 0 Å². The predicted molar refractivity (Wildman–Crippen MR) is 54.3 cm³/mol. The molecule has 0 saturated heterocycles. The van der Waals surface area contributed by atoms with Gasteiger partial charge in [-0.2, -0.15) is 0 Å². The minimum absolute atomic E-state index is 0.0473. The summed E-state index contributed by atoms with van der Waals surface area (Å²) in [6.07, 6.45) is 0.140. The van der Waals surface area contributed by atoms with Crippen LogP contribution >= 0.6 is 27.5 Å². The third kappa shape index (κ3) is 2.10. The van der Waals surface area contributed by atoms with Crippen molar-refractivity contribution in [3.63, 3.8) is 0 Å². The first-order valence-corrected chi connectivity index (χ1v) is 4.69. The van der Waals surface area contributed by atoms with Crippen LogP contribution in [0.2, 0.25) is 5.02 Å². The van der Waals surface area contributed by atoms with Crippen LogP contribution in [0.4, 0.5) is 4.39 Å². The molecule has 1 atom stereocenters. The summed E-state index contributed by atoms with van der Waals surface area (Å²) in [5.41, 5.74) is 0.0473. The first-order chi connectivity index (χ1) is 6.07. The maximum atomic E-state index is 13.4. The van der Waals surface area contributed by atoms with E-state index in [1.807, 2.05) is 0 Å². The lowest BCUT2D eigenvalue weighted by Crippen LogP contribution is -1.98. The molecule has 70 valence electrons. The highest BCUT2D eigenvalue weighted by atomic mass is 79.9. The lowest BCUT2D eigenvalue weighted by Gasteiger charge is -2.10. The van der Waals surface area contributed by atoms with Crippen molar-refractivity contribution in [2.45, 2.75) is 6.10 Å². The molecular formula is C9H7BrClFO. The maximum Gasteiger partial charge on any atom is 0.144 e. The second-order valence-corrected chi connectivity index (χ2v) is 3.70. The Morgan fingerprint density at radius 2 is 2.23 bits per heavy atom. The molecule has 0 aliphatic carbocycles. The Labute approximate surface area is 89.0 Å². The molecule has 0 amide bonds. The second-order valence-electron chi connectivity index (χ2n) is 2.44. The molecule has 0 fully saturated rings. The van der Waals surface area contributed by atoms with E-state index in [2.05, 4.69) is 22.5 Å². The number of hydrogen-bond acceptors (Lipinski definition) is 1. The Kier molecular flexibility index (Phi) is 3.47. The van der Waals surface area contributed by atoms with Crippen molar-refractivity contribution in [2.24, 2.45) is 0 Å². The fourth-order valence-corrected chi connectivity index (χ4v) is 1.54. The first-order valence-electron chi connectivity index (χ1n) is 3.52. The molecule has 0 saturated carbocycles. The van der Waals surface area contributed by atoms with Gasteiger partial charge in [-0.05, 0) is 28.1 Å². The molecule has 0 aliphatic heterocycles. The highest BCUT2D eigenvalue weighted by Crippen LogP contribution is 2.30. The van der Waals surface area contributed by atoms with E-state index in [-0.39, 0.29) is 15.1 Å². The quantitative estimate of drug-likeness (QED) is 0.641. The van der Waals surface area contributed by atoms with Crippen LogP contribution in [-0.4, -0.2) is 5.11 Å². The third-order valence-electron chi connectivity index (χ3n) is 1.60. The van der Waals surface area contributed by atoms with Crippen LogP contribution in [-0.2, 0) is 0 Å². The van der Waals surface area contributed by atoms with E-state index in [1.165, 1.54) is 18.2 Å². The zero-order valence-electron chi connectivity index (χ0n) is 6.60. The molecule has 0 bridgehead atoms. The molecule has 13 heavy (non-hydrogen) atoms. The van der Waals surface area contributed by atoms with Crippen LogP contribution < -0.4 is 0 Å². The van der Waals surface area contributed by atoms with E-state index >= 15 is 0 Å². The number of hydrogen-bond donors (Lipinski definition) is 1. The zero-order chi connectivity index (χ0) is 10.0. The minimum Gasteiger partial charge on any atom is -0.384 e. The van der Waals surface area contributed by atoms with Crippen LogP contribution in [0, 0.1) is 5.82 Å². The molecule has 1 unspecified atom stereocenters. The summed E-state index contributed by atoms with van der Waals surface area (Å²) in [4.78, 5) is 0. The monoisotopic (exact) mass is 264 g/mol. The predicted octanol–water partition coefficient (Wildman–Crippen LogP) is 3.46. The molecule has 0 radical (unpaired) electrons. The molecule has 1 rings (SSSR count). The van der Waals surface area contributed by atoms with Crippen molar-refractivity contribution in [2.75, 3.05) is 0 Å². The molecule has 0 heterocycles. The topological polar surface area (TPSA) is 20.2 Å². The summed E-state index contributed by atoms with van der Waals surface area (Å²) >= 11 is 8.71. The molecule has 1 aromatic carbocycles. The molecule has 4 heteroatoms. The van der Waals surface area contributed by atoms with Gasteiger partial charge in [0.05, 0.1) is 4.47 Å². The standard InChI is InChI=1S/C9H7BrClFO/c1-2-7(13)8-6(11)4-3-5(10)9(8)12/h2-4,7,13H,1H2. The van der Waals surface area contributed by atoms with Gasteiger partial charge in [-0.1, -0.05) is 17.7 Å². The molecule has 1 aromatic rings. The van der Waals surface area contributed by atoms with Crippen molar-refractivity contribution in [3.8, 4) is 0 Å². The van der Waals surface area contributed by atoms with Gasteiger partial charge in [0.1, 0.15) is 11.9 Å². The van der Waals surface area contributed by atoms with Crippen LogP contribution in [0.3, 0.4) is 0 Å². The van der Waals surface area contributed by atoms with Crippen molar-refractivity contribution < 1.29 is 9.50 Å². The Morgan fingerprint density at radius 3 is 2.77 bits per heavy atom. The Hall–Kier alpha value is -0.380. The van der Waals surface area contributed by atoms with Crippen molar-refractivity contribution >= 4 is 27.5 Å². The van der Waals surface area contributed by atoms with E-state index in [0.29, 0.717) is 0 Å². The maximum absolute atomic E-state index is 13.4. The molecule has 0 aliphatic rings. The molecule has 1 N–H and O–H groups in total. The van der Waals surface area contributed by atoms with Crippen molar-refractivity contribution in [1.29, 1.82) is 0 Å². The lowest BCUT2D eigenvalue weighted by atomic mass is 10.1. The van der Waals surface area contributed by atoms with E-state index in [4.69, 9.17) is 11.6 Å². The van der Waals surface area contributed by atoms with E-state index in [1.54, 1.807) is 0 Å². The van der Waals surface area contributed by atoms with Crippen LogP contribution in [0.15, 0.2) is 29.3 Å². The zero-order valence-corrected chi connectivity index (χ0v) is 8.94. The van der Waals surface area contributed by atoms with Crippen LogP contribution in [0.1, 0.15) is 11.7 Å². The van der Waals surface area contributed by atoms with Crippen LogP contribution in [0.25, 0.3) is 0 Å². The van der Waals surface area contributed by atoms with Gasteiger partial charge in [-0.3, -0.25) is 0 Å².